The second kappa shape index (κ2) is 9.92. The summed E-state index contributed by atoms with van der Waals surface area (Å²) < 4.78 is 5.99. The molecule has 0 bridgehead atoms. The van der Waals surface area contributed by atoms with Crippen molar-refractivity contribution in [1.82, 2.24) is 15.3 Å². The normalized spacial score (nSPS) is 16.0. The number of para-hydroxylation sites is 1. The van der Waals surface area contributed by atoms with E-state index in [2.05, 4.69) is 32.4 Å². The molecule has 1 aliphatic rings. The van der Waals surface area contributed by atoms with Crippen LogP contribution >= 0.6 is 0 Å². The first-order valence-electron chi connectivity index (χ1n) is 11.4. The van der Waals surface area contributed by atoms with Crippen molar-refractivity contribution in [1.29, 1.82) is 0 Å². The van der Waals surface area contributed by atoms with E-state index in [0.29, 0.717) is 5.82 Å². The fourth-order valence-corrected chi connectivity index (χ4v) is 4.07. The minimum atomic E-state index is -0.678. The molecule has 0 aliphatic carbocycles. The van der Waals surface area contributed by atoms with Gasteiger partial charge in [0.05, 0.1) is 5.52 Å². The van der Waals surface area contributed by atoms with Crippen LogP contribution in [0.25, 0.3) is 10.9 Å². The number of ether oxygens (including phenoxy) is 1. The van der Waals surface area contributed by atoms with Gasteiger partial charge in [-0.1, -0.05) is 30.0 Å². The van der Waals surface area contributed by atoms with E-state index in [4.69, 9.17) is 4.74 Å². The van der Waals surface area contributed by atoms with E-state index >= 15 is 0 Å². The molecule has 4 aromatic rings. The van der Waals surface area contributed by atoms with Gasteiger partial charge in [-0.15, -0.1) is 0 Å². The van der Waals surface area contributed by atoms with Crippen LogP contribution in [0.2, 0.25) is 0 Å². The Labute approximate surface area is 199 Å². The fraction of sp³-hybridized carbons (Fsp3) is 0.214. The van der Waals surface area contributed by atoms with Crippen LogP contribution in [0.15, 0.2) is 73.1 Å². The van der Waals surface area contributed by atoms with Crippen molar-refractivity contribution in [3.8, 4) is 23.3 Å². The summed E-state index contributed by atoms with van der Waals surface area (Å²) in [7, 11) is 0. The Hall–Kier alpha value is -3.92. The molecule has 34 heavy (non-hydrogen) atoms. The highest BCUT2D eigenvalue weighted by Crippen LogP contribution is 2.30. The molecule has 0 amide bonds. The van der Waals surface area contributed by atoms with E-state index in [-0.39, 0.29) is 6.04 Å². The minimum absolute atomic E-state index is 0.0469. The van der Waals surface area contributed by atoms with Gasteiger partial charge >= 0.3 is 0 Å². The van der Waals surface area contributed by atoms with Crippen LogP contribution in [-0.2, 0) is 0 Å². The molecule has 1 aliphatic heterocycles. The topological polar surface area (TPSA) is 79.3 Å². The van der Waals surface area contributed by atoms with Gasteiger partial charge < -0.3 is 20.5 Å². The lowest BCUT2D eigenvalue weighted by Gasteiger charge is -2.13. The van der Waals surface area contributed by atoms with Crippen molar-refractivity contribution in [2.24, 2.45) is 0 Å². The molecule has 2 unspecified atom stereocenters. The lowest BCUT2D eigenvalue weighted by molar-refractivity contribution is 0.190. The first-order chi connectivity index (χ1) is 16.7. The van der Waals surface area contributed by atoms with E-state index in [1.54, 1.807) is 6.33 Å². The van der Waals surface area contributed by atoms with Crippen molar-refractivity contribution in [2.75, 3.05) is 11.9 Å². The van der Waals surface area contributed by atoms with Gasteiger partial charge in [0.15, 0.2) is 0 Å². The molecule has 170 valence electrons. The summed E-state index contributed by atoms with van der Waals surface area (Å²) >= 11 is 0. The van der Waals surface area contributed by atoms with Gasteiger partial charge in [0, 0.05) is 22.7 Å². The molecule has 1 saturated heterocycles. The number of rotatable bonds is 5. The first-order valence-corrected chi connectivity index (χ1v) is 11.4. The maximum atomic E-state index is 10.3. The van der Waals surface area contributed by atoms with Crippen LogP contribution in [0.1, 0.15) is 24.0 Å². The van der Waals surface area contributed by atoms with Crippen LogP contribution in [0.5, 0.6) is 11.5 Å². The standard InChI is InChI=1S/C28H26N4O2/c1-19-16-21(11-14-27(19)34-22-6-3-2-4-7-22)32-28-23-17-20(9-12-24(23)30-18-31-28)10-13-26(33)25-8-5-15-29-25/h2-4,6-7,9,11-12,14,16-18,25-26,29,33H,5,8,15H2,1H3,(H,30,31,32). The number of aliphatic hydroxyl groups is 1. The van der Waals surface area contributed by atoms with Crippen molar-refractivity contribution in [2.45, 2.75) is 31.9 Å². The second-order valence-corrected chi connectivity index (χ2v) is 8.39. The van der Waals surface area contributed by atoms with E-state index in [9.17, 15) is 5.11 Å². The third-order valence-electron chi connectivity index (χ3n) is 5.89. The molecule has 1 fully saturated rings. The van der Waals surface area contributed by atoms with E-state index in [1.165, 1.54) is 0 Å². The zero-order chi connectivity index (χ0) is 23.3. The second-order valence-electron chi connectivity index (χ2n) is 8.39. The molecule has 0 radical (unpaired) electrons. The van der Waals surface area contributed by atoms with Gasteiger partial charge in [-0.25, -0.2) is 9.97 Å². The van der Waals surface area contributed by atoms with Crippen molar-refractivity contribution in [3.63, 3.8) is 0 Å². The number of fused-ring (bicyclic) bond motifs is 1. The predicted octanol–water partition coefficient (Wildman–Crippen LogP) is 4.94. The van der Waals surface area contributed by atoms with Crippen LogP contribution < -0.4 is 15.4 Å². The molecule has 6 heteroatoms. The van der Waals surface area contributed by atoms with E-state index < -0.39 is 6.10 Å². The molecule has 0 saturated carbocycles. The van der Waals surface area contributed by atoms with Crippen LogP contribution in [0, 0.1) is 18.8 Å². The number of aliphatic hydroxyl groups excluding tert-OH is 1. The van der Waals surface area contributed by atoms with Crippen molar-refractivity contribution in [3.05, 3.63) is 84.2 Å². The molecule has 3 aromatic carbocycles. The summed E-state index contributed by atoms with van der Waals surface area (Å²) in [6, 6.07) is 21.5. The maximum Gasteiger partial charge on any atom is 0.141 e. The molecule has 3 N–H and O–H groups in total. The molecule has 2 atom stereocenters. The lowest BCUT2D eigenvalue weighted by atomic mass is 10.1. The molecule has 1 aromatic heterocycles. The third-order valence-corrected chi connectivity index (χ3v) is 5.89. The minimum Gasteiger partial charge on any atom is -0.457 e. The molecular formula is C28H26N4O2. The zero-order valence-corrected chi connectivity index (χ0v) is 19.0. The highest BCUT2D eigenvalue weighted by molar-refractivity contribution is 5.91. The SMILES string of the molecule is Cc1cc(Nc2ncnc3ccc(C#CC(O)C4CCCN4)cc23)ccc1Oc1ccccc1. The number of nitrogens with zero attached hydrogens (tertiary/aromatic N) is 2. The Kier molecular flexibility index (Phi) is 6.39. The molecule has 0 spiro atoms. The number of anilines is 2. The van der Waals surface area contributed by atoms with Crippen LogP contribution in [-0.4, -0.2) is 33.8 Å². The summed E-state index contributed by atoms with van der Waals surface area (Å²) in [4.78, 5) is 8.84. The Bertz CT molecular complexity index is 1360. The zero-order valence-electron chi connectivity index (χ0n) is 19.0. The number of aromatic nitrogens is 2. The van der Waals surface area contributed by atoms with Gasteiger partial charge in [-0.3, -0.25) is 0 Å². The molecule has 2 heterocycles. The number of hydrogen-bond donors (Lipinski definition) is 3. The monoisotopic (exact) mass is 450 g/mol. The summed E-state index contributed by atoms with van der Waals surface area (Å²) in [5.41, 5.74) is 3.54. The van der Waals surface area contributed by atoms with Gasteiger partial charge in [0.2, 0.25) is 0 Å². The van der Waals surface area contributed by atoms with Gasteiger partial charge in [0.25, 0.3) is 0 Å². The predicted molar refractivity (Wildman–Crippen MR) is 134 cm³/mol. The molecular weight excluding hydrogens is 424 g/mol. The van der Waals surface area contributed by atoms with Crippen LogP contribution in [0.3, 0.4) is 0 Å². The highest BCUT2D eigenvalue weighted by Gasteiger charge is 2.20. The quantitative estimate of drug-likeness (QED) is 0.374. The Balaban J connectivity index is 1.37. The number of aryl methyl sites for hydroxylation is 1. The molecule has 6 nitrogen and oxygen atoms in total. The first kappa shape index (κ1) is 21.9. The maximum absolute atomic E-state index is 10.3. The fourth-order valence-electron chi connectivity index (χ4n) is 4.07. The average Bonchev–Trinajstić information content (AvgIpc) is 3.40. The number of nitrogens with one attached hydrogen (secondary N) is 2. The summed E-state index contributed by atoms with van der Waals surface area (Å²) in [5, 5.41) is 17.9. The summed E-state index contributed by atoms with van der Waals surface area (Å²) in [5.74, 6) is 8.38. The Morgan fingerprint density at radius 3 is 2.76 bits per heavy atom. The van der Waals surface area contributed by atoms with Gasteiger partial charge in [0.1, 0.15) is 29.7 Å². The third kappa shape index (κ3) is 5.01. The van der Waals surface area contributed by atoms with Gasteiger partial charge in [-0.2, -0.15) is 0 Å². The Morgan fingerprint density at radius 1 is 1.09 bits per heavy atom. The lowest BCUT2D eigenvalue weighted by Crippen LogP contribution is -2.33. The van der Waals surface area contributed by atoms with E-state index in [0.717, 1.165) is 58.6 Å². The Morgan fingerprint density at radius 2 is 1.97 bits per heavy atom. The summed E-state index contributed by atoms with van der Waals surface area (Å²) in [6.45, 7) is 2.95. The van der Waals surface area contributed by atoms with Gasteiger partial charge in [-0.05, 0) is 80.4 Å². The van der Waals surface area contributed by atoms with Crippen molar-refractivity contribution >= 4 is 22.4 Å². The average molecular weight is 451 g/mol. The highest BCUT2D eigenvalue weighted by atomic mass is 16.5. The number of benzene rings is 3. The summed E-state index contributed by atoms with van der Waals surface area (Å²) in [6.07, 6.45) is 2.89. The smallest absolute Gasteiger partial charge is 0.141 e. The largest absolute Gasteiger partial charge is 0.457 e. The van der Waals surface area contributed by atoms with Crippen molar-refractivity contribution < 1.29 is 9.84 Å². The molecule has 5 rings (SSSR count). The van der Waals surface area contributed by atoms with E-state index in [1.807, 2.05) is 73.7 Å². The number of hydrogen-bond acceptors (Lipinski definition) is 6. The van der Waals surface area contributed by atoms with Crippen LogP contribution in [0.4, 0.5) is 11.5 Å².